The van der Waals surface area contributed by atoms with E-state index in [1.165, 1.54) is 12.1 Å². The van der Waals surface area contributed by atoms with E-state index in [2.05, 4.69) is 5.92 Å². The minimum absolute atomic E-state index is 0.0737. The third-order valence-electron chi connectivity index (χ3n) is 4.07. The van der Waals surface area contributed by atoms with E-state index in [0.717, 1.165) is 0 Å². The Morgan fingerprint density at radius 1 is 0.750 bits per heavy atom. The van der Waals surface area contributed by atoms with Crippen molar-refractivity contribution in [2.45, 2.75) is 6.42 Å². The topological polar surface area (TPSA) is 110 Å². The predicted octanol–water partition coefficient (Wildman–Crippen LogP) is 0.847. The number of hydroxylamine groups is 2. The second kappa shape index (κ2) is 15.1. The van der Waals surface area contributed by atoms with Gasteiger partial charge in [0.2, 0.25) is 0 Å². The lowest BCUT2D eigenvalue weighted by molar-refractivity contribution is -0.169. The van der Waals surface area contributed by atoms with Gasteiger partial charge in [0, 0.05) is 0 Å². The molecule has 10 nitrogen and oxygen atoms in total. The smallest absolute Gasteiger partial charge is 0.335 e. The third-order valence-corrected chi connectivity index (χ3v) is 4.07. The molecular weight excluding hydrogens is 422 g/mol. The van der Waals surface area contributed by atoms with Crippen molar-refractivity contribution in [1.82, 2.24) is 5.06 Å². The van der Waals surface area contributed by atoms with E-state index in [0.29, 0.717) is 51.3 Å². The number of hydrogen-bond donors (Lipinski definition) is 0. The highest BCUT2D eigenvalue weighted by Gasteiger charge is 2.38. The van der Waals surface area contributed by atoms with Crippen LogP contribution in [-0.2, 0) is 33.3 Å². The fraction of sp³-hybridized carbons (Fsp3) is 0.500. The van der Waals surface area contributed by atoms with Gasteiger partial charge in [-0.25, -0.2) is 4.79 Å². The molecule has 0 saturated heterocycles. The van der Waals surface area contributed by atoms with Gasteiger partial charge in [-0.3, -0.25) is 9.59 Å². The predicted molar refractivity (Wildman–Crippen MR) is 111 cm³/mol. The van der Waals surface area contributed by atoms with E-state index in [1.54, 1.807) is 12.1 Å². The van der Waals surface area contributed by atoms with Crippen LogP contribution in [0.2, 0.25) is 0 Å². The average Bonchev–Trinajstić information content (AvgIpc) is 3.04. The minimum atomic E-state index is -0.737. The van der Waals surface area contributed by atoms with Crippen molar-refractivity contribution >= 4 is 17.8 Å². The number of ether oxygens (including phenoxy) is 5. The zero-order chi connectivity index (χ0) is 23.0. The summed E-state index contributed by atoms with van der Waals surface area (Å²) in [6.07, 6.45) is 4.94. The van der Waals surface area contributed by atoms with Gasteiger partial charge in [-0.1, -0.05) is 23.1 Å². The van der Waals surface area contributed by atoms with Crippen LogP contribution >= 0.6 is 0 Å². The number of carbonyl (C=O) groups is 3. The Balaban J connectivity index is 1.40. The Morgan fingerprint density at radius 2 is 1.19 bits per heavy atom. The third kappa shape index (κ3) is 8.74. The number of nitrogens with zero attached hydrogens (tertiary/aromatic N) is 1. The van der Waals surface area contributed by atoms with Crippen molar-refractivity contribution in [3.05, 3.63) is 35.4 Å². The van der Waals surface area contributed by atoms with Crippen LogP contribution in [0.25, 0.3) is 0 Å². The molecule has 0 radical (unpaired) electrons. The molecule has 0 aliphatic carbocycles. The molecule has 2 amide bonds. The molecule has 0 spiro atoms. The number of amides is 2. The largest absolute Gasteiger partial charge is 0.378 e. The first-order chi connectivity index (χ1) is 15.6. The summed E-state index contributed by atoms with van der Waals surface area (Å²) in [5.41, 5.74) is 0.418. The highest BCUT2D eigenvalue weighted by Crippen LogP contribution is 2.22. The molecule has 0 atom stereocenters. The Hall–Kier alpha value is -2.81. The maximum Gasteiger partial charge on any atom is 0.335 e. The van der Waals surface area contributed by atoms with Crippen molar-refractivity contribution in [1.29, 1.82) is 0 Å². The lowest BCUT2D eigenvalue weighted by atomic mass is 10.1. The summed E-state index contributed by atoms with van der Waals surface area (Å²) in [5, 5.41) is 0.480. The number of benzene rings is 1. The number of fused-ring (bicyclic) bond motifs is 1. The molecule has 1 aromatic rings. The van der Waals surface area contributed by atoms with Gasteiger partial charge in [-0.2, -0.15) is 0 Å². The number of terminal acetylenes is 1. The van der Waals surface area contributed by atoms with Gasteiger partial charge < -0.3 is 28.5 Å². The monoisotopic (exact) mass is 449 g/mol. The standard InChI is InChI=1S/C22H27NO9/c1-2-8-27-10-12-29-14-16-31-17-15-30-13-11-28-9-7-20(24)32-23-21(25)18-5-3-4-6-19(18)22(23)26/h1,3-6H,7-17H2. The zero-order valence-electron chi connectivity index (χ0n) is 17.8. The molecule has 174 valence electrons. The summed E-state index contributed by atoms with van der Waals surface area (Å²) in [4.78, 5) is 41.0. The second-order valence-electron chi connectivity index (χ2n) is 6.37. The van der Waals surface area contributed by atoms with Crippen LogP contribution in [0.15, 0.2) is 24.3 Å². The maximum absolute atomic E-state index is 12.1. The van der Waals surface area contributed by atoms with Gasteiger partial charge in [-0.05, 0) is 12.1 Å². The summed E-state index contributed by atoms with van der Waals surface area (Å²) >= 11 is 0. The summed E-state index contributed by atoms with van der Waals surface area (Å²) in [6, 6.07) is 6.27. The van der Waals surface area contributed by atoms with Gasteiger partial charge in [0.1, 0.15) is 6.61 Å². The van der Waals surface area contributed by atoms with E-state index >= 15 is 0 Å². The summed E-state index contributed by atoms with van der Waals surface area (Å²) in [7, 11) is 0. The average molecular weight is 449 g/mol. The fourth-order valence-corrected chi connectivity index (χ4v) is 2.56. The van der Waals surface area contributed by atoms with Crippen LogP contribution in [0.4, 0.5) is 0 Å². The van der Waals surface area contributed by atoms with Gasteiger partial charge in [0.15, 0.2) is 0 Å². The first-order valence-corrected chi connectivity index (χ1v) is 10.2. The lowest BCUT2D eigenvalue weighted by Crippen LogP contribution is -2.33. The number of imide groups is 1. The van der Waals surface area contributed by atoms with Crippen molar-refractivity contribution < 1.29 is 42.9 Å². The molecule has 0 N–H and O–H groups in total. The van der Waals surface area contributed by atoms with Gasteiger partial charge >= 0.3 is 5.97 Å². The number of hydrogen-bond acceptors (Lipinski definition) is 9. The SMILES string of the molecule is C#CCOCCOCCOCCOCCOCCC(=O)ON1C(=O)c2ccccc2C1=O. The van der Waals surface area contributed by atoms with Crippen LogP contribution in [-0.4, -0.2) is 88.9 Å². The Labute approximate surface area is 186 Å². The number of carbonyl (C=O) groups excluding carboxylic acids is 3. The molecule has 10 heteroatoms. The Kier molecular flexibility index (Phi) is 12.0. The summed E-state index contributed by atoms with van der Waals surface area (Å²) < 4.78 is 26.3. The van der Waals surface area contributed by atoms with Crippen molar-refractivity contribution in [2.75, 3.05) is 66.1 Å². The van der Waals surface area contributed by atoms with Gasteiger partial charge in [0.05, 0.1) is 77.0 Å². The van der Waals surface area contributed by atoms with E-state index in [9.17, 15) is 14.4 Å². The van der Waals surface area contributed by atoms with E-state index in [4.69, 9.17) is 34.9 Å². The van der Waals surface area contributed by atoms with Crippen LogP contribution in [0.1, 0.15) is 27.1 Å². The lowest BCUT2D eigenvalue weighted by Gasteiger charge is -2.12. The summed E-state index contributed by atoms with van der Waals surface area (Å²) in [6.45, 7) is 3.61. The molecule has 1 heterocycles. The van der Waals surface area contributed by atoms with Crippen molar-refractivity contribution in [2.24, 2.45) is 0 Å². The zero-order valence-corrected chi connectivity index (χ0v) is 17.8. The highest BCUT2D eigenvalue weighted by molar-refractivity contribution is 6.20. The molecule has 1 aliphatic rings. The minimum Gasteiger partial charge on any atom is -0.378 e. The normalized spacial score (nSPS) is 12.7. The first kappa shape index (κ1) is 25.5. The molecule has 0 bridgehead atoms. The maximum atomic E-state index is 12.1. The summed E-state index contributed by atoms with van der Waals surface area (Å²) in [5.74, 6) is 0.318. The number of rotatable bonds is 17. The highest BCUT2D eigenvalue weighted by atomic mass is 16.7. The van der Waals surface area contributed by atoms with E-state index in [-0.39, 0.29) is 37.4 Å². The van der Waals surface area contributed by atoms with Crippen LogP contribution in [0, 0.1) is 12.3 Å². The molecule has 1 aromatic carbocycles. The van der Waals surface area contributed by atoms with Crippen LogP contribution in [0.3, 0.4) is 0 Å². The molecule has 0 fully saturated rings. The molecule has 0 saturated carbocycles. The fourth-order valence-electron chi connectivity index (χ4n) is 2.56. The second-order valence-corrected chi connectivity index (χ2v) is 6.37. The van der Waals surface area contributed by atoms with Crippen LogP contribution < -0.4 is 0 Å². The Bertz CT molecular complexity index is 755. The first-order valence-electron chi connectivity index (χ1n) is 10.2. The molecule has 32 heavy (non-hydrogen) atoms. The van der Waals surface area contributed by atoms with Gasteiger partial charge in [0.25, 0.3) is 11.8 Å². The van der Waals surface area contributed by atoms with E-state index in [1.807, 2.05) is 0 Å². The molecule has 2 rings (SSSR count). The molecule has 0 aromatic heterocycles. The van der Waals surface area contributed by atoms with Crippen LogP contribution in [0.5, 0.6) is 0 Å². The molecule has 1 aliphatic heterocycles. The Morgan fingerprint density at radius 3 is 1.66 bits per heavy atom. The van der Waals surface area contributed by atoms with Crippen molar-refractivity contribution in [3.8, 4) is 12.3 Å². The molecular formula is C22H27NO9. The van der Waals surface area contributed by atoms with Gasteiger partial charge in [-0.15, -0.1) is 6.42 Å². The van der Waals surface area contributed by atoms with E-state index < -0.39 is 17.8 Å². The quantitative estimate of drug-likeness (QED) is 0.194. The van der Waals surface area contributed by atoms with Crippen molar-refractivity contribution in [3.63, 3.8) is 0 Å². The molecule has 0 unspecified atom stereocenters.